The van der Waals surface area contributed by atoms with Gasteiger partial charge in [0.2, 0.25) is 0 Å². The highest BCUT2D eigenvalue weighted by molar-refractivity contribution is 9.10. The van der Waals surface area contributed by atoms with Crippen LogP contribution in [0.3, 0.4) is 0 Å². The maximum Gasteiger partial charge on any atom is 0.137 e. The highest BCUT2D eigenvalue weighted by Crippen LogP contribution is 2.21. The van der Waals surface area contributed by atoms with E-state index in [0.29, 0.717) is 16.6 Å². The van der Waals surface area contributed by atoms with Gasteiger partial charge in [-0.2, -0.15) is 15.4 Å². The first-order chi connectivity index (χ1) is 7.66. The van der Waals surface area contributed by atoms with Crippen molar-refractivity contribution in [2.75, 3.05) is 0 Å². The van der Waals surface area contributed by atoms with E-state index in [-0.39, 0.29) is 5.82 Å². The van der Waals surface area contributed by atoms with Gasteiger partial charge in [0.1, 0.15) is 17.6 Å². The SMILES string of the molecule is OC(Cc1ccc(F)c(Br)c1)c1cn[nH]n1. The Morgan fingerprint density at radius 2 is 2.31 bits per heavy atom. The molecule has 84 valence electrons. The lowest BCUT2D eigenvalue weighted by atomic mass is 10.1. The smallest absolute Gasteiger partial charge is 0.137 e. The van der Waals surface area contributed by atoms with Crippen LogP contribution in [0.15, 0.2) is 28.9 Å². The molecule has 0 spiro atoms. The number of aliphatic hydroxyl groups excluding tert-OH is 1. The van der Waals surface area contributed by atoms with E-state index in [4.69, 9.17) is 0 Å². The molecule has 2 N–H and O–H groups in total. The lowest BCUT2D eigenvalue weighted by Crippen LogP contribution is -2.02. The summed E-state index contributed by atoms with van der Waals surface area (Å²) in [6.07, 6.45) is 1.09. The topological polar surface area (TPSA) is 61.8 Å². The van der Waals surface area contributed by atoms with Crippen molar-refractivity contribution in [1.82, 2.24) is 15.4 Å². The summed E-state index contributed by atoms with van der Waals surface area (Å²) in [6.45, 7) is 0. The van der Waals surface area contributed by atoms with E-state index in [9.17, 15) is 9.50 Å². The molecule has 1 heterocycles. The van der Waals surface area contributed by atoms with E-state index in [0.717, 1.165) is 5.56 Å². The second-order valence-corrected chi connectivity index (χ2v) is 4.22. The summed E-state index contributed by atoms with van der Waals surface area (Å²) in [6, 6.07) is 4.62. The number of rotatable bonds is 3. The fourth-order valence-corrected chi connectivity index (χ4v) is 1.79. The molecule has 2 rings (SSSR count). The van der Waals surface area contributed by atoms with Crippen molar-refractivity contribution in [3.05, 3.63) is 45.9 Å². The first kappa shape index (κ1) is 11.2. The normalized spacial score (nSPS) is 12.7. The lowest BCUT2D eigenvalue weighted by molar-refractivity contribution is 0.173. The van der Waals surface area contributed by atoms with Crippen LogP contribution in [0.25, 0.3) is 0 Å². The van der Waals surface area contributed by atoms with Crippen molar-refractivity contribution in [3.63, 3.8) is 0 Å². The van der Waals surface area contributed by atoms with Gasteiger partial charge in [0.15, 0.2) is 0 Å². The molecule has 2 aromatic rings. The number of H-pyrrole nitrogens is 1. The number of nitrogens with zero attached hydrogens (tertiary/aromatic N) is 2. The number of benzene rings is 1. The zero-order valence-corrected chi connectivity index (χ0v) is 9.78. The van der Waals surface area contributed by atoms with E-state index >= 15 is 0 Å². The van der Waals surface area contributed by atoms with Crippen molar-refractivity contribution in [3.8, 4) is 0 Å². The van der Waals surface area contributed by atoms with E-state index in [1.165, 1.54) is 12.3 Å². The van der Waals surface area contributed by atoms with E-state index < -0.39 is 6.10 Å². The second-order valence-electron chi connectivity index (χ2n) is 3.36. The summed E-state index contributed by atoms with van der Waals surface area (Å²) in [4.78, 5) is 0. The number of hydrogen-bond donors (Lipinski definition) is 2. The summed E-state index contributed by atoms with van der Waals surface area (Å²) in [7, 11) is 0. The Bertz CT molecular complexity index is 475. The molecule has 0 amide bonds. The Kier molecular flexibility index (Phi) is 3.31. The number of halogens is 2. The van der Waals surface area contributed by atoms with Crippen molar-refractivity contribution >= 4 is 15.9 Å². The Morgan fingerprint density at radius 1 is 1.50 bits per heavy atom. The number of aliphatic hydroxyl groups is 1. The number of nitrogens with one attached hydrogen (secondary N) is 1. The molecule has 1 unspecified atom stereocenters. The minimum atomic E-state index is -0.740. The van der Waals surface area contributed by atoms with E-state index in [1.807, 2.05) is 0 Å². The van der Waals surface area contributed by atoms with Crippen LogP contribution in [0.4, 0.5) is 4.39 Å². The van der Waals surface area contributed by atoms with Gasteiger partial charge in [-0.15, -0.1) is 0 Å². The van der Waals surface area contributed by atoms with E-state index in [2.05, 4.69) is 31.3 Å². The third-order valence-electron chi connectivity index (χ3n) is 2.19. The molecule has 0 bridgehead atoms. The van der Waals surface area contributed by atoms with Crippen LogP contribution in [0, 0.1) is 5.82 Å². The fourth-order valence-electron chi connectivity index (χ4n) is 1.37. The van der Waals surface area contributed by atoms with Crippen LogP contribution in [-0.4, -0.2) is 20.5 Å². The summed E-state index contributed by atoms with van der Waals surface area (Å²) in [5.41, 5.74) is 1.30. The van der Waals surface area contributed by atoms with E-state index in [1.54, 1.807) is 12.1 Å². The Labute approximate surface area is 99.6 Å². The molecule has 0 aliphatic rings. The summed E-state index contributed by atoms with van der Waals surface area (Å²) >= 11 is 3.09. The predicted octanol–water partition coefficient (Wildman–Crippen LogP) is 1.98. The van der Waals surface area contributed by atoms with Gasteiger partial charge in [0.25, 0.3) is 0 Å². The molecule has 6 heteroatoms. The molecular formula is C10H9BrFN3O. The van der Waals surface area contributed by atoms with Gasteiger partial charge in [-0.1, -0.05) is 6.07 Å². The zero-order valence-electron chi connectivity index (χ0n) is 8.19. The Morgan fingerprint density at radius 3 is 2.94 bits per heavy atom. The van der Waals surface area contributed by atoms with Crippen LogP contribution in [0.2, 0.25) is 0 Å². The highest BCUT2D eigenvalue weighted by atomic mass is 79.9. The molecule has 0 aliphatic carbocycles. The molecule has 0 saturated carbocycles. The second kappa shape index (κ2) is 4.71. The molecule has 0 aliphatic heterocycles. The van der Waals surface area contributed by atoms with Crippen LogP contribution in [-0.2, 0) is 6.42 Å². The fraction of sp³-hybridized carbons (Fsp3) is 0.200. The van der Waals surface area contributed by atoms with Gasteiger partial charge < -0.3 is 5.11 Å². The van der Waals surface area contributed by atoms with Gasteiger partial charge in [-0.3, -0.25) is 0 Å². The molecule has 16 heavy (non-hydrogen) atoms. The molecule has 0 saturated heterocycles. The standard InChI is InChI=1S/C10H9BrFN3O/c11-7-3-6(1-2-8(7)12)4-10(16)9-5-13-15-14-9/h1-3,5,10,16H,4H2,(H,13,14,15). The largest absolute Gasteiger partial charge is 0.386 e. The lowest BCUT2D eigenvalue weighted by Gasteiger charge is -2.07. The molecule has 1 atom stereocenters. The average molecular weight is 286 g/mol. The third kappa shape index (κ3) is 2.45. The van der Waals surface area contributed by atoms with Gasteiger partial charge >= 0.3 is 0 Å². The van der Waals surface area contributed by atoms with Crippen LogP contribution >= 0.6 is 15.9 Å². The van der Waals surface area contributed by atoms with Crippen molar-refractivity contribution in [2.45, 2.75) is 12.5 Å². The quantitative estimate of drug-likeness (QED) is 0.907. The first-order valence-electron chi connectivity index (χ1n) is 4.64. The van der Waals surface area contributed by atoms with Crippen molar-refractivity contribution in [1.29, 1.82) is 0 Å². The number of aromatic amines is 1. The molecule has 1 aromatic heterocycles. The van der Waals surface area contributed by atoms with Crippen LogP contribution in [0.5, 0.6) is 0 Å². The summed E-state index contributed by atoms with van der Waals surface area (Å²) in [5.74, 6) is -0.320. The average Bonchev–Trinajstić information content (AvgIpc) is 2.77. The minimum absolute atomic E-state index is 0.320. The van der Waals surface area contributed by atoms with Crippen LogP contribution < -0.4 is 0 Å². The van der Waals surface area contributed by atoms with Gasteiger partial charge in [0, 0.05) is 6.42 Å². The van der Waals surface area contributed by atoms with Gasteiger partial charge in [-0.25, -0.2) is 4.39 Å². The zero-order chi connectivity index (χ0) is 11.5. The van der Waals surface area contributed by atoms with Crippen molar-refractivity contribution in [2.24, 2.45) is 0 Å². The minimum Gasteiger partial charge on any atom is -0.386 e. The first-order valence-corrected chi connectivity index (χ1v) is 5.44. The van der Waals surface area contributed by atoms with Crippen LogP contribution in [0.1, 0.15) is 17.4 Å². The third-order valence-corrected chi connectivity index (χ3v) is 2.80. The number of hydrogen-bond acceptors (Lipinski definition) is 3. The van der Waals surface area contributed by atoms with Crippen molar-refractivity contribution < 1.29 is 9.50 Å². The molecule has 0 fully saturated rings. The molecule has 1 aromatic carbocycles. The monoisotopic (exact) mass is 285 g/mol. The van der Waals surface area contributed by atoms with Gasteiger partial charge in [-0.05, 0) is 33.6 Å². The molecule has 0 radical (unpaired) electrons. The Balaban J connectivity index is 2.12. The highest BCUT2D eigenvalue weighted by Gasteiger charge is 2.12. The maximum absolute atomic E-state index is 13.0. The number of aromatic nitrogens is 3. The summed E-state index contributed by atoms with van der Waals surface area (Å²) in [5, 5.41) is 19.6. The predicted molar refractivity (Wildman–Crippen MR) is 59.1 cm³/mol. The maximum atomic E-state index is 13.0. The summed E-state index contributed by atoms with van der Waals surface area (Å²) < 4.78 is 13.4. The molecular weight excluding hydrogens is 277 g/mol. The molecule has 4 nitrogen and oxygen atoms in total. The Hall–Kier alpha value is -1.27. The van der Waals surface area contributed by atoms with Gasteiger partial charge in [0.05, 0.1) is 10.7 Å².